The SMILES string of the molecule is COc1ccc(-c2noc(=O)n2CC(=O)Nc2ccccc2SCC#N)cc1OC. The van der Waals surface area contributed by atoms with Crippen LogP contribution in [0.1, 0.15) is 0 Å². The van der Waals surface area contributed by atoms with Crippen molar-refractivity contribution in [1.29, 1.82) is 5.26 Å². The Labute approximate surface area is 176 Å². The number of ether oxygens (including phenoxy) is 2. The maximum atomic E-state index is 12.6. The number of hydrogen-bond donors (Lipinski definition) is 1. The van der Waals surface area contributed by atoms with E-state index < -0.39 is 11.7 Å². The number of amides is 1. The van der Waals surface area contributed by atoms with Gasteiger partial charge in [-0.3, -0.25) is 9.32 Å². The molecule has 154 valence electrons. The molecule has 0 aliphatic rings. The lowest BCUT2D eigenvalue weighted by molar-refractivity contribution is -0.116. The lowest BCUT2D eigenvalue weighted by Crippen LogP contribution is -2.25. The number of para-hydroxylation sites is 1. The van der Waals surface area contributed by atoms with E-state index in [9.17, 15) is 9.59 Å². The van der Waals surface area contributed by atoms with Crippen LogP contribution in [0.2, 0.25) is 0 Å². The molecule has 1 amide bonds. The lowest BCUT2D eigenvalue weighted by Gasteiger charge is -2.11. The standard InChI is InChI=1S/C20H18N4O5S/c1-27-15-8-7-13(11-16(15)28-2)19-23-29-20(26)24(19)12-18(25)22-14-5-3-4-6-17(14)30-10-9-21/h3-8,11H,10,12H2,1-2H3,(H,22,25). The van der Waals surface area contributed by atoms with Crippen molar-refractivity contribution in [3.63, 3.8) is 0 Å². The molecule has 0 saturated heterocycles. The van der Waals surface area contributed by atoms with Crippen molar-refractivity contribution in [1.82, 2.24) is 9.72 Å². The van der Waals surface area contributed by atoms with Gasteiger partial charge >= 0.3 is 5.76 Å². The van der Waals surface area contributed by atoms with Crippen molar-refractivity contribution >= 4 is 23.4 Å². The second-order valence-electron chi connectivity index (χ2n) is 5.92. The highest BCUT2D eigenvalue weighted by Crippen LogP contribution is 2.31. The average molecular weight is 426 g/mol. The van der Waals surface area contributed by atoms with Crippen molar-refractivity contribution in [2.45, 2.75) is 11.4 Å². The Morgan fingerprint density at radius 3 is 2.73 bits per heavy atom. The summed E-state index contributed by atoms with van der Waals surface area (Å²) in [7, 11) is 3.01. The molecule has 1 N–H and O–H groups in total. The highest BCUT2D eigenvalue weighted by molar-refractivity contribution is 7.99. The molecular weight excluding hydrogens is 408 g/mol. The first-order valence-electron chi connectivity index (χ1n) is 8.75. The van der Waals surface area contributed by atoms with Crippen LogP contribution >= 0.6 is 11.8 Å². The number of methoxy groups -OCH3 is 2. The topological polar surface area (TPSA) is 119 Å². The van der Waals surface area contributed by atoms with Gasteiger partial charge in [-0.05, 0) is 30.3 Å². The zero-order valence-corrected chi connectivity index (χ0v) is 17.1. The number of nitrogens with zero attached hydrogens (tertiary/aromatic N) is 3. The first-order chi connectivity index (χ1) is 14.6. The second kappa shape index (κ2) is 9.67. The molecule has 0 aliphatic carbocycles. The fraction of sp³-hybridized carbons (Fsp3) is 0.200. The quantitative estimate of drug-likeness (QED) is 0.546. The van der Waals surface area contributed by atoms with Gasteiger partial charge in [-0.2, -0.15) is 5.26 Å². The third-order valence-electron chi connectivity index (χ3n) is 4.08. The number of rotatable bonds is 8. The number of hydrogen-bond acceptors (Lipinski definition) is 8. The third kappa shape index (κ3) is 4.64. The number of carbonyl (C=O) groups excluding carboxylic acids is 1. The van der Waals surface area contributed by atoms with E-state index in [1.165, 1.54) is 26.0 Å². The zero-order valence-electron chi connectivity index (χ0n) is 16.2. The summed E-state index contributed by atoms with van der Waals surface area (Å²) >= 11 is 1.31. The summed E-state index contributed by atoms with van der Waals surface area (Å²) in [6.07, 6.45) is 0. The van der Waals surface area contributed by atoms with Gasteiger partial charge in [-0.25, -0.2) is 9.36 Å². The summed E-state index contributed by atoms with van der Waals surface area (Å²) in [6.45, 7) is -0.302. The molecule has 0 bridgehead atoms. The number of anilines is 1. The molecule has 1 heterocycles. The highest BCUT2D eigenvalue weighted by Gasteiger charge is 2.18. The molecule has 3 aromatic rings. The van der Waals surface area contributed by atoms with E-state index in [4.69, 9.17) is 19.3 Å². The van der Waals surface area contributed by atoms with Crippen LogP contribution in [0.15, 0.2) is 56.7 Å². The minimum absolute atomic E-state index is 0.184. The van der Waals surface area contributed by atoms with Crippen LogP contribution in [0.3, 0.4) is 0 Å². The van der Waals surface area contributed by atoms with E-state index in [0.29, 0.717) is 22.7 Å². The Kier molecular flexibility index (Phi) is 6.77. The van der Waals surface area contributed by atoms with Crippen LogP contribution < -0.4 is 20.5 Å². The molecule has 0 fully saturated rings. The smallest absolute Gasteiger partial charge is 0.442 e. The van der Waals surface area contributed by atoms with E-state index in [2.05, 4.69) is 10.5 Å². The second-order valence-corrected chi connectivity index (χ2v) is 6.94. The summed E-state index contributed by atoms with van der Waals surface area (Å²) < 4.78 is 16.4. The molecule has 0 saturated carbocycles. The van der Waals surface area contributed by atoms with Crippen molar-refractivity contribution in [2.24, 2.45) is 0 Å². The summed E-state index contributed by atoms with van der Waals surface area (Å²) in [4.78, 5) is 25.5. The van der Waals surface area contributed by atoms with E-state index in [0.717, 1.165) is 9.46 Å². The van der Waals surface area contributed by atoms with Crippen molar-refractivity contribution in [3.05, 3.63) is 53.0 Å². The number of aromatic nitrogens is 2. The predicted molar refractivity (Wildman–Crippen MR) is 111 cm³/mol. The molecule has 0 spiro atoms. The average Bonchev–Trinajstić information content (AvgIpc) is 3.12. The van der Waals surface area contributed by atoms with E-state index in [1.807, 2.05) is 12.1 Å². The Balaban J connectivity index is 1.84. The van der Waals surface area contributed by atoms with Crippen molar-refractivity contribution in [2.75, 3.05) is 25.3 Å². The molecule has 3 rings (SSSR count). The van der Waals surface area contributed by atoms with Crippen LogP contribution in [0, 0.1) is 11.3 Å². The fourth-order valence-electron chi connectivity index (χ4n) is 2.73. The largest absolute Gasteiger partial charge is 0.493 e. The Morgan fingerprint density at radius 2 is 2.00 bits per heavy atom. The van der Waals surface area contributed by atoms with Gasteiger partial charge < -0.3 is 14.8 Å². The number of benzene rings is 2. The number of nitriles is 1. The molecule has 0 aliphatic heterocycles. The molecule has 10 heteroatoms. The van der Waals surface area contributed by atoms with Gasteiger partial charge in [0, 0.05) is 10.5 Å². The first-order valence-corrected chi connectivity index (χ1v) is 9.73. The molecule has 0 radical (unpaired) electrons. The van der Waals surface area contributed by atoms with Gasteiger partial charge in [-0.1, -0.05) is 17.3 Å². The number of thioether (sulfide) groups is 1. The fourth-order valence-corrected chi connectivity index (χ4v) is 3.40. The monoisotopic (exact) mass is 426 g/mol. The minimum atomic E-state index is -0.762. The maximum absolute atomic E-state index is 12.6. The van der Waals surface area contributed by atoms with Gasteiger partial charge in [-0.15, -0.1) is 11.8 Å². The Hall–Kier alpha value is -3.71. The van der Waals surface area contributed by atoms with E-state index in [-0.39, 0.29) is 18.1 Å². The number of carbonyl (C=O) groups is 1. The molecule has 9 nitrogen and oxygen atoms in total. The molecule has 1 aromatic heterocycles. The van der Waals surface area contributed by atoms with Gasteiger partial charge in [0.1, 0.15) is 6.54 Å². The minimum Gasteiger partial charge on any atom is -0.493 e. The Bertz CT molecular complexity index is 1150. The van der Waals surface area contributed by atoms with Gasteiger partial charge in [0.25, 0.3) is 0 Å². The molecule has 2 aromatic carbocycles. The molecule has 0 atom stereocenters. The molecule has 0 unspecified atom stereocenters. The predicted octanol–water partition coefficient (Wildman–Crippen LogP) is 2.77. The molecule has 30 heavy (non-hydrogen) atoms. The summed E-state index contributed by atoms with van der Waals surface area (Å²) in [6, 6.07) is 14.1. The maximum Gasteiger partial charge on any atom is 0.442 e. The van der Waals surface area contributed by atoms with Crippen LogP contribution in [-0.4, -0.2) is 35.6 Å². The van der Waals surface area contributed by atoms with Crippen LogP contribution in [0.25, 0.3) is 11.4 Å². The van der Waals surface area contributed by atoms with Gasteiger partial charge in [0.05, 0.1) is 31.7 Å². The summed E-state index contributed by atoms with van der Waals surface area (Å²) in [5.41, 5.74) is 1.08. The zero-order chi connectivity index (χ0) is 21.5. The Morgan fingerprint density at radius 1 is 1.23 bits per heavy atom. The van der Waals surface area contributed by atoms with E-state index >= 15 is 0 Å². The van der Waals surface area contributed by atoms with Crippen molar-refractivity contribution < 1.29 is 18.8 Å². The third-order valence-corrected chi connectivity index (χ3v) is 5.02. The van der Waals surface area contributed by atoms with Crippen LogP contribution in [0.5, 0.6) is 11.5 Å². The lowest BCUT2D eigenvalue weighted by atomic mass is 10.2. The normalized spacial score (nSPS) is 10.3. The highest BCUT2D eigenvalue weighted by atomic mass is 32.2. The van der Waals surface area contributed by atoms with Crippen molar-refractivity contribution in [3.8, 4) is 29.0 Å². The first kappa shape index (κ1) is 21.0. The summed E-state index contributed by atoms with van der Waals surface area (Å²) in [5.74, 6) is 0.201. The molecular formula is C20H18N4O5S. The summed E-state index contributed by atoms with van der Waals surface area (Å²) in [5, 5.41) is 15.3. The van der Waals surface area contributed by atoms with Crippen LogP contribution in [-0.2, 0) is 11.3 Å². The van der Waals surface area contributed by atoms with E-state index in [1.54, 1.807) is 36.4 Å². The van der Waals surface area contributed by atoms with Gasteiger partial charge in [0.2, 0.25) is 5.91 Å². The van der Waals surface area contributed by atoms with Gasteiger partial charge in [0.15, 0.2) is 17.3 Å². The number of nitrogens with one attached hydrogen (secondary N) is 1. The van der Waals surface area contributed by atoms with Crippen LogP contribution in [0.4, 0.5) is 5.69 Å².